The van der Waals surface area contributed by atoms with Gasteiger partial charge < -0.3 is 29.9 Å². The minimum absolute atomic E-state index is 0.312. The maximum Gasteiger partial charge on any atom is 0.335 e. The number of aliphatic hydroxyl groups is 3. The maximum absolute atomic E-state index is 11.1. The van der Waals surface area contributed by atoms with Gasteiger partial charge in [0.1, 0.15) is 24.1 Å². The number of aromatic nitrogens is 1. The Hall–Kier alpha value is -2.26. The number of ether oxygens (including phenoxy) is 2. The Kier molecular flexibility index (Phi) is 4.14. The number of carboxylic acids is 1. The second-order valence-corrected chi connectivity index (χ2v) is 5.18. The van der Waals surface area contributed by atoms with Gasteiger partial charge in [-0.1, -0.05) is 6.07 Å². The van der Waals surface area contributed by atoms with E-state index in [1.54, 1.807) is 36.5 Å². The van der Waals surface area contributed by atoms with Crippen molar-refractivity contribution in [3.8, 4) is 5.75 Å². The van der Waals surface area contributed by atoms with E-state index in [1.807, 2.05) is 0 Å². The van der Waals surface area contributed by atoms with Crippen LogP contribution in [0.15, 0.2) is 36.5 Å². The molecule has 0 amide bonds. The summed E-state index contributed by atoms with van der Waals surface area (Å²) in [5, 5.41) is 39.1. The van der Waals surface area contributed by atoms with Crippen molar-refractivity contribution in [2.45, 2.75) is 30.7 Å². The van der Waals surface area contributed by atoms with Crippen molar-refractivity contribution >= 4 is 16.9 Å². The van der Waals surface area contributed by atoms with E-state index in [9.17, 15) is 20.1 Å². The van der Waals surface area contributed by atoms with Crippen molar-refractivity contribution in [3.05, 3.63) is 36.5 Å². The molecule has 5 atom stereocenters. The third kappa shape index (κ3) is 2.84. The normalized spacial score (nSPS) is 31.0. The lowest BCUT2D eigenvalue weighted by atomic mass is 9.99. The minimum Gasteiger partial charge on any atom is -0.479 e. The number of hydrogen-bond acceptors (Lipinski definition) is 7. The van der Waals surface area contributed by atoms with Gasteiger partial charge >= 0.3 is 5.97 Å². The van der Waals surface area contributed by atoms with Crippen LogP contribution in [0.2, 0.25) is 0 Å². The summed E-state index contributed by atoms with van der Waals surface area (Å²) in [6.07, 6.45) is -6.60. The number of rotatable bonds is 3. The van der Waals surface area contributed by atoms with Crippen LogP contribution in [0.3, 0.4) is 0 Å². The summed E-state index contributed by atoms with van der Waals surface area (Å²) in [5.41, 5.74) is 0.644. The number of aliphatic carboxylic acids is 1. The van der Waals surface area contributed by atoms with Gasteiger partial charge in [-0.05, 0) is 24.3 Å². The average molecular weight is 321 g/mol. The molecule has 1 aromatic carbocycles. The molecular weight excluding hydrogens is 306 g/mol. The Morgan fingerprint density at radius 3 is 2.61 bits per heavy atom. The number of carbonyl (C=O) groups is 1. The average Bonchev–Trinajstić information content (AvgIpc) is 2.55. The molecule has 1 aliphatic rings. The number of pyridine rings is 1. The molecule has 8 nitrogen and oxygen atoms in total. The fourth-order valence-electron chi connectivity index (χ4n) is 2.45. The van der Waals surface area contributed by atoms with Crippen molar-refractivity contribution in [2.24, 2.45) is 0 Å². The Balaban J connectivity index is 1.90. The molecular formula is C15H15NO7. The van der Waals surface area contributed by atoms with E-state index in [-0.39, 0.29) is 0 Å². The number of nitrogens with zero attached hydrogens (tertiary/aromatic N) is 1. The van der Waals surface area contributed by atoms with Gasteiger partial charge in [0.15, 0.2) is 6.10 Å². The topological polar surface area (TPSA) is 129 Å². The van der Waals surface area contributed by atoms with Gasteiger partial charge in [-0.3, -0.25) is 4.98 Å². The van der Waals surface area contributed by atoms with E-state index in [2.05, 4.69) is 4.98 Å². The molecule has 23 heavy (non-hydrogen) atoms. The fourth-order valence-corrected chi connectivity index (χ4v) is 2.45. The Morgan fingerprint density at radius 1 is 1.09 bits per heavy atom. The fraction of sp³-hybridized carbons (Fsp3) is 0.333. The third-order valence-electron chi connectivity index (χ3n) is 3.66. The molecule has 1 saturated heterocycles. The second-order valence-electron chi connectivity index (χ2n) is 5.18. The van der Waals surface area contributed by atoms with Crippen LogP contribution in [0.25, 0.3) is 10.9 Å². The van der Waals surface area contributed by atoms with Crippen LogP contribution in [-0.2, 0) is 9.53 Å². The molecule has 0 spiro atoms. The summed E-state index contributed by atoms with van der Waals surface area (Å²) >= 11 is 0. The molecule has 4 N–H and O–H groups in total. The molecule has 122 valence electrons. The summed E-state index contributed by atoms with van der Waals surface area (Å²) in [4.78, 5) is 15.2. The molecule has 1 fully saturated rings. The maximum atomic E-state index is 11.1. The van der Waals surface area contributed by atoms with Crippen molar-refractivity contribution < 1.29 is 34.7 Å². The van der Waals surface area contributed by atoms with Crippen molar-refractivity contribution in [1.82, 2.24) is 4.98 Å². The summed E-state index contributed by atoms with van der Waals surface area (Å²) in [5.74, 6) is -1.15. The highest BCUT2D eigenvalue weighted by Crippen LogP contribution is 2.29. The lowest BCUT2D eigenvalue weighted by Gasteiger charge is -2.38. The van der Waals surface area contributed by atoms with Gasteiger partial charge in [-0.2, -0.15) is 0 Å². The van der Waals surface area contributed by atoms with Crippen LogP contribution in [0.5, 0.6) is 5.75 Å². The van der Waals surface area contributed by atoms with Gasteiger partial charge in [0, 0.05) is 11.6 Å². The van der Waals surface area contributed by atoms with Gasteiger partial charge in [-0.25, -0.2) is 4.79 Å². The quantitative estimate of drug-likeness (QED) is 0.596. The van der Waals surface area contributed by atoms with E-state index < -0.39 is 36.7 Å². The molecule has 0 radical (unpaired) electrons. The Morgan fingerprint density at radius 2 is 1.87 bits per heavy atom. The Labute approximate surface area is 130 Å². The smallest absolute Gasteiger partial charge is 0.335 e. The summed E-state index contributed by atoms with van der Waals surface area (Å²) < 4.78 is 10.6. The first-order valence-electron chi connectivity index (χ1n) is 6.92. The minimum atomic E-state index is -1.75. The molecule has 0 bridgehead atoms. The van der Waals surface area contributed by atoms with Gasteiger partial charge in [-0.15, -0.1) is 0 Å². The molecule has 0 aliphatic carbocycles. The summed E-state index contributed by atoms with van der Waals surface area (Å²) in [7, 11) is 0. The van der Waals surface area contributed by atoms with E-state index >= 15 is 0 Å². The van der Waals surface area contributed by atoms with Crippen LogP contribution in [0.1, 0.15) is 0 Å². The second kappa shape index (κ2) is 6.09. The van der Waals surface area contributed by atoms with E-state index in [1.165, 1.54) is 0 Å². The molecule has 5 unspecified atom stereocenters. The first-order valence-corrected chi connectivity index (χ1v) is 6.92. The van der Waals surface area contributed by atoms with Crippen LogP contribution < -0.4 is 4.74 Å². The number of fused-ring (bicyclic) bond motifs is 1. The number of benzene rings is 1. The standard InChI is InChI=1S/C15H15NO7/c17-10-11(18)13(14(20)21)23-15(12(10)19)22-9-5-1-4-8-7(9)3-2-6-16-8/h1-6,10-13,15,17-19H,(H,20,21). The molecule has 2 heterocycles. The summed E-state index contributed by atoms with van der Waals surface area (Å²) in [6.45, 7) is 0. The van der Waals surface area contributed by atoms with Crippen molar-refractivity contribution in [2.75, 3.05) is 0 Å². The SMILES string of the molecule is O=C(O)C1OC(Oc2cccc3ncccc23)C(O)C(O)C1O. The third-order valence-corrected chi connectivity index (χ3v) is 3.66. The number of carboxylic acid groups (broad SMARTS) is 1. The zero-order valence-corrected chi connectivity index (χ0v) is 11.8. The van der Waals surface area contributed by atoms with E-state index in [0.29, 0.717) is 16.7 Å². The highest BCUT2D eigenvalue weighted by atomic mass is 16.7. The molecule has 1 aromatic heterocycles. The monoisotopic (exact) mass is 321 g/mol. The van der Waals surface area contributed by atoms with Gasteiger partial charge in [0.05, 0.1) is 5.52 Å². The first-order chi connectivity index (χ1) is 11.0. The predicted molar refractivity (Wildman–Crippen MR) is 76.7 cm³/mol. The van der Waals surface area contributed by atoms with Crippen molar-refractivity contribution in [3.63, 3.8) is 0 Å². The van der Waals surface area contributed by atoms with E-state index in [4.69, 9.17) is 14.6 Å². The molecule has 3 rings (SSSR count). The lowest BCUT2D eigenvalue weighted by molar-refractivity contribution is -0.270. The highest BCUT2D eigenvalue weighted by molar-refractivity contribution is 5.84. The zero-order valence-electron chi connectivity index (χ0n) is 11.8. The predicted octanol–water partition coefficient (Wildman–Crippen LogP) is -0.494. The largest absolute Gasteiger partial charge is 0.479 e. The van der Waals surface area contributed by atoms with Crippen LogP contribution in [-0.4, -0.2) is 62.1 Å². The van der Waals surface area contributed by atoms with E-state index in [0.717, 1.165) is 0 Å². The first kappa shape index (κ1) is 15.6. The highest BCUT2D eigenvalue weighted by Gasteiger charge is 2.48. The van der Waals surface area contributed by atoms with Crippen LogP contribution in [0, 0.1) is 0 Å². The Bertz CT molecular complexity index is 717. The summed E-state index contributed by atoms with van der Waals surface area (Å²) in [6, 6.07) is 8.49. The molecule has 2 aromatic rings. The number of aliphatic hydroxyl groups excluding tert-OH is 3. The zero-order chi connectivity index (χ0) is 16.6. The van der Waals surface area contributed by atoms with Crippen LogP contribution in [0.4, 0.5) is 0 Å². The van der Waals surface area contributed by atoms with Gasteiger partial charge in [0.2, 0.25) is 6.29 Å². The van der Waals surface area contributed by atoms with Gasteiger partial charge in [0.25, 0.3) is 0 Å². The molecule has 0 saturated carbocycles. The van der Waals surface area contributed by atoms with Crippen LogP contribution >= 0.6 is 0 Å². The lowest BCUT2D eigenvalue weighted by Crippen LogP contribution is -2.61. The molecule has 8 heteroatoms. The van der Waals surface area contributed by atoms with Crippen molar-refractivity contribution in [1.29, 1.82) is 0 Å². The molecule has 1 aliphatic heterocycles. The number of hydrogen-bond donors (Lipinski definition) is 4.